The van der Waals surface area contributed by atoms with Gasteiger partial charge < -0.3 is 10.1 Å². The summed E-state index contributed by atoms with van der Waals surface area (Å²) in [6.45, 7) is 11.2. The van der Waals surface area contributed by atoms with Crippen LogP contribution in [0.4, 0.5) is 0 Å². The van der Waals surface area contributed by atoms with Crippen molar-refractivity contribution < 1.29 is 9.53 Å². The van der Waals surface area contributed by atoms with E-state index in [0.717, 1.165) is 43.1 Å². The number of hydrogen-bond donors (Lipinski definition) is 1. The predicted octanol–water partition coefficient (Wildman–Crippen LogP) is 5.68. The first-order valence-corrected chi connectivity index (χ1v) is 13.8. The highest BCUT2D eigenvalue weighted by Gasteiger charge is 2.77. The van der Waals surface area contributed by atoms with Crippen LogP contribution in [0.5, 0.6) is 0 Å². The van der Waals surface area contributed by atoms with Gasteiger partial charge in [0.15, 0.2) is 5.78 Å². The summed E-state index contributed by atoms with van der Waals surface area (Å²) in [6.07, 6.45) is 14.9. The van der Waals surface area contributed by atoms with Gasteiger partial charge in [0.1, 0.15) is 0 Å². The van der Waals surface area contributed by atoms with Crippen LogP contribution in [0.2, 0.25) is 0 Å². The molecule has 0 radical (unpaired) electrons. The van der Waals surface area contributed by atoms with Gasteiger partial charge in [0.05, 0.1) is 11.7 Å². The molecule has 0 aromatic rings. The Labute approximate surface area is 194 Å². The molecule has 2 saturated heterocycles. The second-order valence-corrected chi connectivity index (χ2v) is 14.1. The lowest BCUT2D eigenvalue weighted by molar-refractivity contribution is -0.116. The molecule has 5 aliphatic carbocycles. The largest absolute Gasteiger partial charge is 0.370 e. The third-order valence-corrected chi connectivity index (χ3v) is 12.7. The first-order chi connectivity index (χ1) is 15.2. The van der Waals surface area contributed by atoms with Crippen LogP contribution in [-0.2, 0) is 9.53 Å². The van der Waals surface area contributed by atoms with Gasteiger partial charge >= 0.3 is 0 Å². The van der Waals surface area contributed by atoms with Gasteiger partial charge in [-0.3, -0.25) is 4.79 Å². The molecule has 4 saturated carbocycles. The van der Waals surface area contributed by atoms with Crippen LogP contribution in [0.1, 0.15) is 91.9 Å². The summed E-state index contributed by atoms with van der Waals surface area (Å²) >= 11 is 0. The maximum atomic E-state index is 12.2. The fourth-order valence-electron chi connectivity index (χ4n) is 10.9. The minimum atomic E-state index is 0.103. The van der Waals surface area contributed by atoms with Crippen LogP contribution in [0, 0.1) is 45.8 Å². The Morgan fingerprint density at radius 1 is 1.06 bits per heavy atom. The fourth-order valence-corrected chi connectivity index (χ4v) is 10.9. The average Bonchev–Trinajstić information content (AvgIpc) is 3.06. The monoisotopic (exact) mass is 437 g/mol. The number of rotatable bonds is 0. The van der Waals surface area contributed by atoms with Gasteiger partial charge in [-0.2, -0.15) is 0 Å². The van der Waals surface area contributed by atoms with E-state index in [2.05, 4.69) is 39.1 Å². The Morgan fingerprint density at radius 3 is 2.75 bits per heavy atom. The van der Waals surface area contributed by atoms with Gasteiger partial charge in [-0.15, -0.1) is 0 Å². The van der Waals surface area contributed by atoms with Crippen LogP contribution < -0.4 is 5.32 Å². The third kappa shape index (κ3) is 2.43. The Morgan fingerprint density at radius 2 is 1.91 bits per heavy atom. The summed E-state index contributed by atoms with van der Waals surface area (Å²) < 4.78 is 7.13. The molecular formula is C29H43NO2. The van der Waals surface area contributed by atoms with E-state index in [1.165, 1.54) is 56.9 Å². The number of allylic oxidation sites excluding steroid dienone is 2. The van der Waals surface area contributed by atoms with Crippen molar-refractivity contribution in [1.82, 2.24) is 5.32 Å². The van der Waals surface area contributed by atoms with Crippen molar-refractivity contribution in [1.29, 1.82) is 0 Å². The second-order valence-electron chi connectivity index (χ2n) is 14.1. The molecule has 2 heterocycles. The average molecular weight is 438 g/mol. The van der Waals surface area contributed by atoms with Crippen molar-refractivity contribution in [2.75, 3.05) is 6.54 Å². The Hall–Kier alpha value is -0.670. The summed E-state index contributed by atoms with van der Waals surface area (Å²) in [4.78, 5) is 12.2. The van der Waals surface area contributed by atoms with Crippen LogP contribution >= 0.6 is 0 Å². The minimum absolute atomic E-state index is 0.103. The number of fused-ring (bicyclic) bond motifs is 5. The van der Waals surface area contributed by atoms with Crippen molar-refractivity contribution in [3.05, 3.63) is 11.6 Å². The number of nitrogens with one attached hydrogen (secondary N) is 1. The summed E-state index contributed by atoms with van der Waals surface area (Å²) in [7, 11) is 0. The molecule has 0 amide bonds. The van der Waals surface area contributed by atoms with Gasteiger partial charge in [-0.25, -0.2) is 0 Å². The van der Waals surface area contributed by atoms with Gasteiger partial charge in [0, 0.05) is 18.4 Å². The maximum Gasteiger partial charge on any atom is 0.155 e. The van der Waals surface area contributed by atoms with Crippen LogP contribution in [0.15, 0.2) is 11.6 Å². The summed E-state index contributed by atoms with van der Waals surface area (Å²) in [6, 6.07) is 0.566. The lowest BCUT2D eigenvalue weighted by Crippen LogP contribution is -2.49. The number of carbonyl (C=O) groups excluding carboxylic acids is 1. The first-order valence-electron chi connectivity index (χ1n) is 13.8. The van der Waals surface area contributed by atoms with E-state index in [1.807, 2.05) is 0 Å². The zero-order valence-corrected chi connectivity index (χ0v) is 20.7. The zero-order valence-electron chi connectivity index (χ0n) is 20.7. The van der Waals surface area contributed by atoms with Crippen molar-refractivity contribution in [3.63, 3.8) is 0 Å². The van der Waals surface area contributed by atoms with Crippen molar-refractivity contribution >= 4 is 5.78 Å². The highest BCUT2D eigenvalue weighted by atomic mass is 16.5. The molecule has 3 nitrogen and oxygen atoms in total. The number of ketones is 1. The molecule has 0 bridgehead atoms. The van der Waals surface area contributed by atoms with Crippen LogP contribution in [-0.4, -0.2) is 30.1 Å². The van der Waals surface area contributed by atoms with E-state index in [9.17, 15) is 4.79 Å². The van der Waals surface area contributed by atoms with Gasteiger partial charge in [0.2, 0.25) is 0 Å². The quantitative estimate of drug-likeness (QED) is 0.530. The molecule has 7 aliphatic rings. The van der Waals surface area contributed by atoms with Gasteiger partial charge in [-0.05, 0) is 110 Å². The van der Waals surface area contributed by atoms with E-state index < -0.39 is 0 Å². The molecule has 6 fully saturated rings. The topological polar surface area (TPSA) is 38.3 Å². The molecular weight excluding hydrogens is 394 g/mol. The van der Waals surface area contributed by atoms with E-state index >= 15 is 0 Å². The Bertz CT molecular complexity index is 896. The highest BCUT2D eigenvalue weighted by molar-refractivity contribution is 5.91. The van der Waals surface area contributed by atoms with Crippen LogP contribution in [0.25, 0.3) is 0 Å². The zero-order chi connectivity index (χ0) is 22.1. The molecule has 0 aromatic carbocycles. The van der Waals surface area contributed by atoms with Crippen molar-refractivity contribution in [2.45, 2.75) is 110 Å². The van der Waals surface area contributed by atoms with Crippen molar-refractivity contribution in [2.24, 2.45) is 45.8 Å². The summed E-state index contributed by atoms with van der Waals surface area (Å²) in [5.41, 5.74) is 2.93. The van der Waals surface area contributed by atoms with E-state index in [-0.39, 0.29) is 5.60 Å². The summed E-state index contributed by atoms with van der Waals surface area (Å²) in [5.74, 6) is 4.32. The standard InChI is InChI=1S/C29H43NO2/c1-17-11-24-25(30-14-17)18(2)29(32-24)10-8-22-21-6-5-19-12-20(31)7-9-27(19,4)23(21)13-28(22)15-26(28,3)16-29/h12,17-18,21-25,30H,5-11,13-16H2,1-4H3/t17-,18+,21-,22-,23-,24+,25-,26?,27-,28?,29-/m0/s1. The number of hydrogen-bond acceptors (Lipinski definition) is 3. The molecule has 11 atom stereocenters. The van der Waals surface area contributed by atoms with E-state index in [4.69, 9.17) is 4.74 Å². The molecule has 7 rings (SSSR count). The van der Waals surface area contributed by atoms with E-state index in [1.54, 1.807) is 0 Å². The lowest BCUT2D eigenvalue weighted by Gasteiger charge is -2.48. The molecule has 2 aliphatic heterocycles. The predicted molar refractivity (Wildman–Crippen MR) is 126 cm³/mol. The lowest BCUT2D eigenvalue weighted by atomic mass is 9.56. The molecule has 32 heavy (non-hydrogen) atoms. The molecule has 2 unspecified atom stereocenters. The molecule has 176 valence electrons. The minimum Gasteiger partial charge on any atom is -0.370 e. The Balaban J connectivity index is 1.20. The van der Waals surface area contributed by atoms with Crippen LogP contribution in [0.3, 0.4) is 0 Å². The number of piperidine rings is 1. The van der Waals surface area contributed by atoms with E-state index in [0.29, 0.717) is 40.1 Å². The van der Waals surface area contributed by atoms with Gasteiger partial charge in [0.25, 0.3) is 0 Å². The Kier molecular flexibility index (Phi) is 4.07. The highest BCUT2D eigenvalue weighted by Crippen LogP contribution is 2.83. The van der Waals surface area contributed by atoms with Gasteiger partial charge in [-0.1, -0.05) is 33.3 Å². The molecule has 2 spiro atoms. The second kappa shape index (κ2) is 6.30. The number of carbonyl (C=O) groups is 1. The molecule has 3 heteroatoms. The molecule has 1 N–H and O–H groups in total. The normalized spacial score (nSPS) is 60.6. The number of ether oxygens (including phenoxy) is 1. The van der Waals surface area contributed by atoms with Crippen molar-refractivity contribution in [3.8, 4) is 0 Å². The third-order valence-electron chi connectivity index (χ3n) is 12.7. The SMILES string of the molecule is C[C@@H]1CN[C@H]2[C@@H](C)[C@@]3(CC[C@H]4[C@@H]5CCC6=CC(=O)CC[C@]6(C)[C@H]5CC45CC5(C)C3)O[C@@H]2C1. The first kappa shape index (κ1) is 20.7. The maximum absolute atomic E-state index is 12.2. The fraction of sp³-hybridized carbons (Fsp3) is 0.897. The smallest absolute Gasteiger partial charge is 0.155 e. The molecule has 0 aromatic heterocycles. The summed E-state index contributed by atoms with van der Waals surface area (Å²) in [5, 5.41) is 3.89.